The van der Waals surface area contributed by atoms with Crippen LogP contribution in [0.5, 0.6) is 0 Å². The van der Waals surface area contributed by atoms with E-state index in [-0.39, 0.29) is 30.8 Å². The van der Waals surface area contributed by atoms with E-state index >= 15 is 0 Å². The predicted molar refractivity (Wildman–Crippen MR) is 115 cm³/mol. The maximum atomic E-state index is 13.3. The number of benzene rings is 2. The fraction of sp³-hybridized carbons (Fsp3) is 0.304. The van der Waals surface area contributed by atoms with Crippen molar-refractivity contribution in [3.8, 4) is 11.1 Å². The van der Waals surface area contributed by atoms with Gasteiger partial charge in [-0.3, -0.25) is 14.7 Å². The van der Waals surface area contributed by atoms with E-state index in [0.717, 1.165) is 16.7 Å². The van der Waals surface area contributed by atoms with Crippen LogP contribution >= 0.6 is 0 Å². The molecule has 0 aliphatic carbocycles. The molecule has 2 heterocycles. The maximum Gasteiger partial charge on any atom is 0.291 e. The van der Waals surface area contributed by atoms with Crippen molar-refractivity contribution in [1.82, 2.24) is 25.0 Å². The number of likely N-dealkylation sites (N-methyl/N-ethyl adjacent to an activating group) is 1. The van der Waals surface area contributed by atoms with Crippen molar-refractivity contribution < 1.29 is 14.3 Å². The largest absolute Gasteiger partial charge is 0.361 e. The van der Waals surface area contributed by atoms with Crippen molar-refractivity contribution in [3.05, 3.63) is 72.3 Å². The summed E-state index contributed by atoms with van der Waals surface area (Å²) in [5.74, 6) is -0.318. The lowest BCUT2D eigenvalue weighted by Crippen LogP contribution is -2.61. The van der Waals surface area contributed by atoms with Gasteiger partial charge in [-0.15, -0.1) is 0 Å². The highest BCUT2D eigenvalue weighted by molar-refractivity contribution is 5.92. The molecule has 8 heteroatoms. The first-order valence-electron chi connectivity index (χ1n) is 10.1. The molecule has 4 rings (SSSR count). The number of ether oxygens (including phenoxy) is 1. The molecule has 1 unspecified atom stereocenters. The highest BCUT2D eigenvalue weighted by Crippen LogP contribution is 2.28. The molecular weight excluding hydrogens is 394 g/mol. The molecule has 1 saturated heterocycles. The molecule has 2 amide bonds. The third-order valence-corrected chi connectivity index (χ3v) is 5.41. The van der Waals surface area contributed by atoms with Gasteiger partial charge in [-0.25, -0.2) is 4.98 Å². The van der Waals surface area contributed by atoms with Crippen molar-refractivity contribution >= 4 is 11.8 Å². The SMILES string of the molecule is CN(C)C(=O)C1(Cc2cccc(-c3ccccc3)c2)CN(C(=O)c2ncn[nH]2)CCO1. The molecule has 1 aromatic heterocycles. The molecule has 1 fully saturated rings. The molecule has 8 nitrogen and oxygen atoms in total. The third kappa shape index (κ3) is 4.34. The number of morpholine rings is 1. The first kappa shape index (κ1) is 20.7. The van der Waals surface area contributed by atoms with Crippen LogP contribution in [0, 0.1) is 0 Å². The Morgan fingerprint density at radius 3 is 2.61 bits per heavy atom. The van der Waals surface area contributed by atoms with E-state index in [1.807, 2.05) is 36.4 Å². The summed E-state index contributed by atoms with van der Waals surface area (Å²) >= 11 is 0. The van der Waals surface area contributed by atoms with E-state index in [4.69, 9.17) is 4.74 Å². The highest BCUT2D eigenvalue weighted by atomic mass is 16.5. The Labute approximate surface area is 180 Å². The number of aromatic nitrogens is 3. The van der Waals surface area contributed by atoms with Gasteiger partial charge >= 0.3 is 0 Å². The number of nitrogens with zero attached hydrogens (tertiary/aromatic N) is 4. The van der Waals surface area contributed by atoms with Gasteiger partial charge in [0.05, 0.1) is 13.2 Å². The minimum Gasteiger partial charge on any atom is -0.361 e. The lowest BCUT2D eigenvalue weighted by atomic mass is 9.89. The van der Waals surface area contributed by atoms with E-state index in [1.165, 1.54) is 11.2 Å². The second kappa shape index (κ2) is 8.69. The fourth-order valence-corrected chi connectivity index (χ4v) is 3.96. The van der Waals surface area contributed by atoms with Gasteiger partial charge in [-0.1, -0.05) is 54.6 Å². The van der Waals surface area contributed by atoms with Crippen molar-refractivity contribution in [2.45, 2.75) is 12.0 Å². The number of carbonyl (C=O) groups is 2. The minimum atomic E-state index is -1.17. The van der Waals surface area contributed by atoms with Crippen LogP contribution in [0.2, 0.25) is 0 Å². The van der Waals surface area contributed by atoms with Crippen LogP contribution < -0.4 is 0 Å². The number of H-pyrrole nitrogens is 1. The summed E-state index contributed by atoms with van der Waals surface area (Å²) in [5.41, 5.74) is 1.96. The molecule has 160 valence electrons. The quantitative estimate of drug-likeness (QED) is 0.683. The van der Waals surface area contributed by atoms with Crippen LogP contribution in [0.3, 0.4) is 0 Å². The van der Waals surface area contributed by atoms with Crippen LogP contribution in [-0.4, -0.2) is 76.2 Å². The van der Waals surface area contributed by atoms with Gasteiger partial charge in [0.2, 0.25) is 5.82 Å². The van der Waals surface area contributed by atoms with Crippen LogP contribution in [0.1, 0.15) is 16.2 Å². The number of aromatic amines is 1. The molecule has 1 aliphatic rings. The average Bonchev–Trinajstić information content (AvgIpc) is 3.34. The van der Waals surface area contributed by atoms with Crippen LogP contribution in [0.25, 0.3) is 11.1 Å². The molecule has 1 atom stereocenters. The molecule has 3 aromatic rings. The summed E-state index contributed by atoms with van der Waals surface area (Å²) < 4.78 is 6.10. The second-order valence-electron chi connectivity index (χ2n) is 7.85. The number of amides is 2. The van der Waals surface area contributed by atoms with E-state index in [2.05, 4.69) is 33.4 Å². The Hall–Kier alpha value is -3.52. The van der Waals surface area contributed by atoms with Gasteiger partial charge in [0, 0.05) is 27.1 Å². The predicted octanol–water partition coefficient (Wildman–Crippen LogP) is 2.01. The lowest BCUT2D eigenvalue weighted by molar-refractivity contribution is -0.165. The molecule has 0 bridgehead atoms. The van der Waals surface area contributed by atoms with E-state index < -0.39 is 5.60 Å². The Balaban J connectivity index is 1.64. The van der Waals surface area contributed by atoms with E-state index in [9.17, 15) is 9.59 Å². The molecule has 31 heavy (non-hydrogen) atoms. The zero-order valence-electron chi connectivity index (χ0n) is 17.6. The Kier molecular flexibility index (Phi) is 5.81. The fourth-order valence-electron chi connectivity index (χ4n) is 3.96. The smallest absolute Gasteiger partial charge is 0.291 e. The van der Waals surface area contributed by atoms with Gasteiger partial charge in [-0.2, -0.15) is 5.10 Å². The second-order valence-corrected chi connectivity index (χ2v) is 7.85. The van der Waals surface area contributed by atoms with Crippen LogP contribution in [0.4, 0.5) is 0 Å². The van der Waals surface area contributed by atoms with Crippen LogP contribution in [-0.2, 0) is 16.0 Å². The highest BCUT2D eigenvalue weighted by Gasteiger charge is 2.46. The van der Waals surface area contributed by atoms with Crippen LogP contribution in [0.15, 0.2) is 60.9 Å². The molecule has 1 aliphatic heterocycles. The Bertz CT molecular complexity index is 1050. The Morgan fingerprint density at radius 2 is 1.90 bits per heavy atom. The van der Waals surface area contributed by atoms with Gasteiger partial charge < -0.3 is 14.5 Å². The molecule has 2 aromatic carbocycles. The van der Waals surface area contributed by atoms with Gasteiger partial charge in [0.25, 0.3) is 11.8 Å². The van der Waals surface area contributed by atoms with Crippen molar-refractivity contribution in [2.24, 2.45) is 0 Å². The molecule has 1 N–H and O–H groups in total. The number of rotatable bonds is 5. The van der Waals surface area contributed by atoms with Crippen molar-refractivity contribution in [2.75, 3.05) is 33.8 Å². The maximum absolute atomic E-state index is 13.3. The zero-order valence-corrected chi connectivity index (χ0v) is 17.6. The topological polar surface area (TPSA) is 91.4 Å². The monoisotopic (exact) mass is 419 g/mol. The summed E-state index contributed by atoms with van der Waals surface area (Å²) in [6.07, 6.45) is 1.64. The number of hydrogen-bond acceptors (Lipinski definition) is 5. The first-order chi connectivity index (χ1) is 15.0. The average molecular weight is 419 g/mol. The molecule has 0 saturated carbocycles. The van der Waals surface area contributed by atoms with Gasteiger partial charge in [0.15, 0.2) is 5.60 Å². The van der Waals surface area contributed by atoms with Gasteiger partial charge in [0.1, 0.15) is 6.33 Å². The van der Waals surface area contributed by atoms with E-state index in [1.54, 1.807) is 19.0 Å². The standard InChI is InChI=1S/C23H25N5O3/c1-27(2)22(30)23(15-28(11-12-31-23)21(29)20-24-16-25-26-20)14-17-7-6-10-19(13-17)18-8-4-3-5-9-18/h3-10,13,16H,11-12,14-15H2,1-2H3,(H,24,25,26). The first-order valence-corrected chi connectivity index (χ1v) is 10.1. The summed E-state index contributed by atoms with van der Waals surface area (Å²) in [5, 5.41) is 6.35. The third-order valence-electron chi connectivity index (χ3n) is 5.41. The zero-order chi connectivity index (χ0) is 21.8. The number of hydrogen-bond donors (Lipinski definition) is 1. The van der Waals surface area contributed by atoms with Crippen molar-refractivity contribution in [1.29, 1.82) is 0 Å². The van der Waals surface area contributed by atoms with Crippen molar-refractivity contribution in [3.63, 3.8) is 0 Å². The summed E-state index contributed by atoms with van der Waals surface area (Å²) in [6, 6.07) is 18.1. The summed E-state index contributed by atoms with van der Waals surface area (Å²) in [6.45, 7) is 0.781. The molecular formula is C23H25N5O3. The van der Waals surface area contributed by atoms with Gasteiger partial charge in [-0.05, 0) is 16.7 Å². The lowest BCUT2D eigenvalue weighted by Gasteiger charge is -2.42. The molecule has 0 spiro atoms. The van der Waals surface area contributed by atoms with E-state index in [0.29, 0.717) is 13.0 Å². The number of nitrogens with one attached hydrogen (secondary N) is 1. The normalized spacial score (nSPS) is 18.6. The number of carbonyl (C=O) groups excluding carboxylic acids is 2. The summed E-state index contributed by atoms with van der Waals surface area (Å²) in [4.78, 5) is 33.2. The molecule has 0 radical (unpaired) electrons. The minimum absolute atomic E-state index is 0.138. The Morgan fingerprint density at radius 1 is 1.13 bits per heavy atom. The summed E-state index contributed by atoms with van der Waals surface area (Å²) in [7, 11) is 3.40.